The van der Waals surface area contributed by atoms with Crippen molar-refractivity contribution in [2.24, 2.45) is 0 Å². The first-order chi connectivity index (χ1) is 13.6. The molecule has 3 rings (SSSR count). The van der Waals surface area contributed by atoms with E-state index in [2.05, 4.69) is 25.9 Å². The quantitative estimate of drug-likeness (QED) is 0.375. The van der Waals surface area contributed by atoms with Gasteiger partial charge in [0.05, 0.1) is 21.5 Å². The largest absolute Gasteiger partial charge is 0.443 e. The molecule has 1 amide bonds. The second-order valence-electron chi connectivity index (χ2n) is 7.07. The summed E-state index contributed by atoms with van der Waals surface area (Å²) in [5.74, 6) is -0.996. The van der Waals surface area contributed by atoms with E-state index in [1.54, 1.807) is 45.0 Å². The molecule has 29 heavy (non-hydrogen) atoms. The summed E-state index contributed by atoms with van der Waals surface area (Å²) in [5, 5.41) is 11.3. The van der Waals surface area contributed by atoms with Gasteiger partial charge in [0.15, 0.2) is 5.82 Å². The van der Waals surface area contributed by atoms with E-state index in [4.69, 9.17) is 4.74 Å². The highest BCUT2D eigenvalue weighted by molar-refractivity contribution is 9.10. The molecular weight excluding hydrogens is 447 g/mol. The summed E-state index contributed by atoms with van der Waals surface area (Å²) < 4.78 is 20.2. The zero-order valence-corrected chi connectivity index (χ0v) is 17.3. The van der Waals surface area contributed by atoms with Crippen LogP contribution in [-0.2, 0) is 4.74 Å². The standard InChI is InChI=1S/C19H16BrFN4O4/c1-19(2,3)29-18(26)24(12-6-4-5-11(20)7-12)17-13-8-16(25(27)28)14(21)9-15(13)22-10-23-17/h4-10H,1-3H3. The second kappa shape index (κ2) is 7.70. The fraction of sp³-hybridized carbons (Fsp3) is 0.211. The second-order valence-corrected chi connectivity index (χ2v) is 7.99. The molecule has 10 heteroatoms. The topological polar surface area (TPSA) is 98.5 Å². The molecule has 0 N–H and O–H groups in total. The molecule has 0 aliphatic rings. The molecule has 0 saturated carbocycles. The number of aromatic nitrogens is 2. The summed E-state index contributed by atoms with van der Waals surface area (Å²) in [4.78, 5) is 32.7. The zero-order chi connectivity index (χ0) is 21.3. The van der Waals surface area contributed by atoms with Gasteiger partial charge in [0, 0.05) is 16.6 Å². The van der Waals surface area contributed by atoms with Crippen molar-refractivity contribution in [2.75, 3.05) is 4.90 Å². The number of nitro benzene ring substituents is 1. The van der Waals surface area contributed by atoms with Crippen molar-refractivity contribution in [2.45, 2.75) is 26.4 Å². The summed E-state index contributed by atoms with van der Waals surface area (Å²) >= 11 is 3.35. The van der Waals surface area contributed by atoms with Gasteiger partial charge in [-0.1, -0.05) is 22.0 Å². The van der Waals surface area contributed by atoms with Crippen molar-refractivity contribution in [3.8, 4) is 0 Å². The smallest absolute Gasteiger partial charge is 0.420 e. The number of ether oxygens (including phenoxy) is 1. The highest BCUT2D eigenvalue weighted by Crippen LogP contribution is 2.35. The van der Waals surface area contributed by atoms with Gasteiger partial charge >= 0.3 is 11.8 Å². The van der Waals surface area contributed by atoms with Crippen molar-refractivity contribution in [1.82, 2.24) is 9.97 Å². The highest BCUT2D eigenvalue weighted by atomic mass is 79.9. The molecule has 0 aliphatic heterocycles. The van der Waals surface area contributed by atoms with Gasteiger partial charge in [0.1, 0.15) is 11.9 Å². The Morgan fingerprint density at radius 2 is 1.97 bits per heavy atom. The Kier molecular flexibility index (Phi) is 5.47. The molecule has 0 atom stereocenters. The van der Waals surface area contributed by atoms with Crippen LogP contribution in [0.15, 0.2) is 47.2 Å². The SMILES string of the molecule is CC(C)(C)OC(=O)N(c1cccc(Br)c1)c1ncnc2cc(F)c([N+](=O)[O-])cc12. The van der Waals surface area contributed by atoms with Crippen molar-refractivity contribution in [1.29, 1.82) is 0 Å². The number of fused-ring (bicyclic) bond motifs is 1. The minimum absolute atomic E-state index is 0.0328. The number of nitrogens with zero attached hydrogens (tertiary/aromatic N) is 4. The molecule has 0 fully saturated rings. The summed E-state index contributed by atoms with van der Waals surface area (Å²) in [6.07, 6.45) is 0.403. The molecule has 0 bridgehead atoms. The number of amides is 1. The average Bonchev–Trinajstić information content (AvgIpc) is 2.59. The molecule has 0 radical (unpaired) electrons. The van der Waals surface area contributed by atoms with Gasteiger partial charge < -0.3 is 4.74 Å². The normalized spacial score (nSPS) is 11.3. The number of carbonyl (C=O) groups excluding carboxylic acids is 1. The summed E-state index contributed by atoms with van der Waals surface area (Å²) in [6, 6.07) is 8.75. The fourth-order valence-electron chi connectivity index (χ4n) is 2.61. The minimum Gasteiger partial charge on any atom is -0.443 e. The molecule has 0 aliphatic carbocycles. The molecule has 1 aromatic heterocycles. The maximum atomic E-state index is 14.0. The first-order valence-corrected chi connectivity index (χ1v) is 9.23. The van der Waals surface area contributed by atoms with Crippen molar-refractivity contribution < 1.29 is 18.8 Å². The summed E-state index contributed by atoms with van der Waals surface area (Å²) in [5.41, 5.74) is -1.03. The molecule has 0 spiro atoms. The molecule has 0 saturated heterocycles. The number of carbonyl (C=O) groups is 1. The third-order valence-corrected chi connectivity index (χ3v) is 4.23. The van der Waals surface area contributed by atoms with Crippen LogP contribution in [0.25, 0.3) is 10.9 Å². The number of nitro groups is 1. The van der Waals surface area contributed by atoms with E-state index in [1.807, 2.05) is 0 Å². The zero-order valence-electron chi connectivity index (χ0n) is 15.7. The molecule has 8 nitrogen and oxygen atoms in total. The van der Waals surface area contributed by atoms with E-state index in [9.17, 15) is 19.3 Å². The molecule has 2 aromatic carbocycles. The van der Waals surface area contributed by atoms with E-state index in [0.29, 0.717) is 10.2 Å². The van der Waals surface area contributed by atoms with E-state index >= 15 is 0 Å². The molecule has 3 aromatic rings. The monoisotopic (exact) mass is 462 g/mol. The van der Waals surface area contributed by atoms with Crippen molar-refractivity contribution in [3.63, 3.8) is 0 Å². The van der Waals surface area contributed by atoms with Crippen LogP contribution in [0.5, 0.6) is 0 Å². The number of rotatable bonds is 3. The molecular formula is C19H16BrFN4O4. The Morgan fingerprint density at radius 1 is 1.24 bits per heavy atom. The van der Waals surface area contributed by atoms with E-state index < -0.39 is 28.1 Å². The third kappa shape index (κ3) is 4.48. The average molecular weight is 463 g/mol. The first-order valence-electron chi connectivity index (χ1n) is 8.44. The van der Waals surface area contributed by atoms with Gasteiger partial charge in [-0.3, -0.25) is 10.1 Å². The van der Waals surface area contributed by atoms with Gasteiger partial charge in [0.25, 0.3) is 0 Å². The number of anilines is 2. The van der Waals surface area contributed by atoms with E-state index in [-0.39, 0.29) is 16.7 Å². The predicted octanol–water partition coefficient (Wildman–Crippen LogP) is 5.51. The van der Waals surface area contributed by atoms with Gasteiger partial charge in [-0.05, 0) is 39.0 Å². The highest BCUT2D eigenvalue weighted by Gasteiger charge is 2.29. The lowest BCUT2D eigenvalue weighted by Crippen LogP contribution is -2.34. The predicted molar refractivity (Wildman–Crippen MR) is 109 cm³/mol. The number of hydrogen-bond donors (Lipinski definition) is 0. The van der Waals surface area contributed by atoms with Gasteiger partial charge in [-0.2, -0.15) is 4.39 Å². The lowest BCUT2D eigenvalue weighted by Gasteiger charge is -2.27. The Bertz CT molecular complexity index is 1120. The third-order valence-electron chi connectivity index (χ3n) is 3.73. The molecule has 0 unspecified atom stereocenters. The van der Waals surface area contributed by atoms with Crippen LogP contribution in [0.1, 0.15) is 20.8 Å². The van der Waals surface area contributed by atoms with Crippen LogP contribution < -0.4 is 4.90 Å². The molecule has 1 heterocycles. The van der Waals surface area contributed by atoms with Crippen LogP contribution in [0.2, 0.25) is 0 Å². The first kappa shape index (κ1) is 20.6. The maximum absolute atomic E-state index is 14.0. The van der Waals surface area contributed by atoms with Crippen LogP contribution in [0, 0.1) is 15.9 Å². The Hall–Kier alpha value is -3.14. The van der Waals surface area contributed by atoms with Crippen molar-refractivity contribution >= 4 is 50.1 Å². The van der Waals surface area contributed by atoms with Crippen LogP contribution in [-0.4, -0.2) is 26.6 Å². The maximum Gasteiger partial charge on any atom is 0.420 e. The van der Waals surface area contributed by atoms with Crippen LogP contribution in [0.4, 0.5) is 26.4 Å². The fourth-order valence-corrected chi connectivity index (χ4v) is 2.99. The number of benzene rings is 2. The van der Waals surface area contributed by atoms with E-state index in [0.717, 1.165) is 18.5 Å². The summed E-state index contributed by atoms with van der Waals surface area (Å²) in [6.45, 7) is 5.13. The Labute approximate surface area is 173 Å². The summed E-state index contributed by atoms with van der Waals surface area (Å²) in [7, 11) is 0. The Morgan fingerprint density at radius 3 is 2.59 bits per heavy atom. The van der Waals surface area contributed by atoms with Gasteiger partial charge in [-0.15, -0.1) is 0 Å². The van der Waals surface area contributed by atoms with Gasteiger partial charge in [-0.25, -0.2) is 19.7 Å². The van der Waals surface area contributed by atoms with E-state index in [1.165, 1.54) is 4.90 Å². The lowest BCUT2D eigenvalue weighted by atomic mass is 10.1. The minimum atomic E-state index is -1.03. The lowest BCUT2D eigenvalue weighted by molar-refractivity contribution is -0.387. The van der Waals surface area contributed by atoms with Crippen LogP contribution in [0.3, 0.4) is 0 Å². The number of hydrogen-bond acceptors (Lipinski definition) is 6. The van der Waals surface area contributed by atoms with Crippen LogP contribution >= 0.6 is 15.9 Å². The van der Waals surface area contributed by atoms with Crippen molar-refractivity contribution in [3.05, 3.63) is 63.1 Å². The number of halogens is 2. The Balaban J connectivity index is 2.27. The molecule has 150 valence electrons. The van der Waals surface area contributed by atoms with Gasteiger partial charge in [0.2, 0.25) is 5.82 Å².